The van der Waals surface area contributed by atoms with Crippen molar-refractivity contribution in [1.82, 2.24) is 10.2 Å². The van der Waals surface area contributed by atoms with Crippen LogP contribution in [0, 0.1) is 5.92 Å². The van der Waals surface area contributed by atoms with Gasteiger partial charge in [-0.3, -0.25) is 10.1 Å². The van der Waals surface area contributed by atoms with E-state index in [2.05, 4.69) is 17.3 Å². The first-order valence-corrected chi connectivity index (χ1v) is 8.69. The van der Waals surface area contributed by atoms with Gasteiger partial charge in [-0.1, -0.05) is 12.8 Å². The largest absolute Gasteiger partial charge is 0.468 e. The SMILES string of the molecule is COC(=O)C1(NC2CC2)CCC(N(C)CC2CCCC2)C1. The molecular formula is C17H30N2O2. The summed E-state index contributed by atoms with van der Waals surface area (Å²) in [6.07, 6.45) is 11.0. The summed E-state index contributed by atoms with van der Waals surface area (Å²) < 4.78 is 5.11. The molecule has 120 valence electrons. The molecule has 3 aliphatic rings. The third kappa shape index (κ3) is 3.42. The lowest BCUT2D eigenvalue weighted by Gasteiger charge is -2.31. The Morgan fingerprint density at radius 3 is 2.57 bits per heavy atom. The zero-order chi connectivity index (χ0) is 14.9. The normalized spacial score (nSPS) is 33.8. The summed E-state index contributed by atoms with van der Waals surface area (Å²) in [7, 11) is 3.77. The predicted molar refractivity (Wildman–Crippen MR) is 83.1 cm³/mol. The van der Waals surface area contributed by atoms with E-state index < -0.39 is 5.54 Å². The molecule has 0 aliphatic heterocycles. The van der Waals surface area contributed by atoms with Crippen LogP contribution in [0.25, 0.3) is 0 Å². The Kier molecular flexibility index (Phi) is 4.55. The van der Waals surface area contributed by atoms with E-state index in [1.54, 1.807) is 0 Å². The number of esters is 1. The predicted octanol–water partition coefficient (Wildman–Crippen LogP) is 2.32. The minimum Gasteiger partial charge on any atom is -0.468 e. The summed E-state index contributed by atoms with van der Waals surface area (Å²) in [6.45, 7) is 1.20. The van der Waals surface area contributed by atoms with Gasteiger partial charge in [0.2, 0.25) is 0 Å². The molecule has 0 spiro atoms. The maximum atomic E-state index is 12.3. The van der Waals surface area contributed by atoms with E-state index in [1.165, 1.54) is 52.2 Å². The topological polar surface area (TPSA) is 41.6 Å². The number of nitrogens with one attached hydrogen (secondary N) is 1. The average Bonchev–Trinajstić information content (AvgIpc) is 2.97. The number of hydrogen-bond donors (Lipinski definition) is 1. The van der Waals surface area contributed by atoms with Gasteiger partial charge >= 0.3 is 5.97 Å². The molecule has 1 N–H and O–H groups in total. The first-order chi connectivity index (χ1) is 10.1. The number of rotatable bonds is 6. The maximum Gasteiger partial charge on any atom is 0.326 e. The third-order valence-electron chi connectivity index (χ3n) is 5.77. The summed E-state index contributed by atoms with van der Waals surface area (Å²) >= 11 is 0. The highest BCUT2D eigenvalue weighted by Gasteiger charge is 2.49. The fourth-order valence-electron chi connectivity index (χ4n) is 4.33. The van der Waals surface area contributed by atoms with Crippen molar-refractivity contribution in [3.8, 4) is 0 Å². The van der Waals surface area contributed by atoms with E-state index in [-0.39, 0.29) is 5.97 Å². The van der Waals surface area contributed by atoms with Crippen molar-refractivity contribution in [1.29, 1.82) is 0 Å². The highest BCUT2D eigenvalue weighted by molar-refractivity contribution is 5.81. The molecule has 0 saturated heterocycles. The van der Waals surface area contributed by atoms with Crippen LogP contribution in [-0.4, -0.2) is 49.2 Å². The van der Waals surface area contributed by atoms with Crippen LogP contribution in [0.1, 0.15) is 57.8 Å². The minimum absolute atomic E-state index is 0.0498. The van der Waals surface area contributed by atoms with Crippen LogP contribution < -0.4 is 5.32 Å². The van der Waals surface area contributed by atoms with E-state index in [0.29, 0.717) is 12.1 Å². The number of carbonyl (C=O) groups excluding carboxylic acids is 1. The van der Waals surface area contributed by atoms with E-state index in [1.807, 2.05) is 0 Å². The highest BCUT2D eigenvalue weighted by atomic mass is 16.5. The average molecular weight is 294 g/mol. The Hall–Kier alpha value is -0.610. The summed E-state index contributed by atoms with van der Waals surface area (Å²) in [6, 6.07) is 1.07. The fourth-order valence-corrected chi connectivity index (χ4v) is 4.33. The number of hydrogen-bond acceptors (Lipinski definition) is 4. The molecule has 4 heteroatoms. The number of carbonyl (C=O) groups is 1. The lowest BCUT2D eigenvalue weighted by molar-refractivity contribution is -0.148. The van der Waals surface area contributed by atoms with Gasteiger partial charge in [0.05, 0.1) is 7.11 Å². The highest BCUT2D eigenvalue weighted by Crippen LogP contribution is 2.37. The maximum absolute atomic E-state index is 12.3. The molecule has 0 aromatic carbocycles. The fraction of sp³-hybridized carbons (Fsp3) is 0.941. The molecule has 0 radical (unpaired) electrons. The molecule has 3 saturated carbocycles. The Morgan fingerprint density at radius 2 is 1.95 bits per heavy atom. The van der Waals surface area contributed by atoms with Crippen molar-refractivity contribution in [2.75, 3.05) is 20.7 Å². The molecule has 0 aromatic heterocycles. The Morgan fingerprint density at radius 1 is 1.24 bits per heavy atom. The van der Waals surface area contributed by atoms with E-state index in [9.17, 15) is 4.79 Å². The van der Waals surface area contributed by atoms with E-state index in [4.69, 9.17) is 4.74 Å². The molecule has 3 rings (SSSR count). The van der Waals surface area contributed by atoms with E-state index in [0.717, 1.165) is 25.2 Å². The quantitative estimate of drug-likeness (QED) is 0.763. The number of nitrogens with zero attached hydrogens (tertiary/aromatic N) is 1. The zero-order valence-corrected chi connectivity index (χ0v) is 13.6. The third-order valence-corrected chi connectivity index (χ3v) is 5.77. The van der Waals surface area contributed by atoms with Crippen LogP contribution in [0.4, 0.5) is 0 Å². The first-order valence-electron chi connectivity index (χ1n) is 8.69. The standard InChI is InChI=1S/C17H30N2O2/c1-19(12-13-5-3-4-6-13)15-9-10-17(11-15,16(20)21-2)18-14-7-8-14/h13-15,18H,3-12H2,1-2H3. The zero-order valence-electron chi connectivity index (χ0n) is 13.6. The van der Waals surface area contributed by atoms with Crippen LogP contribution in [-0.2, 0) is 9.53 Å². The molecule has 2 unspecified atom stereocenters. The first kappa shape index (κ1) is 15.3. The summed E-state index contributed by atoms with van der Waals surface area (Å²) in [5.74, 6) is 0.825. The summed E-state index contributed by atoms with van der Waals surface area (Å²) in [5.41, 5.74) is -0.412. The van der Waals surface area contributed by atoms with Gasteiger partial charge in [-0.25, -0.2) is 0 Å². The van der Waals surface area contributed by atoms with Crippen molar-refractivity contribution < 1.29 is 9.53 Å². The van der Waals surface area contributed by atoms with Crippen molar-refractivity contribution >= 4 is 5.97 Å². The second kappa shape index (κ2) is 6.25. The van der Waals surface area contributed by atoms with Gasteiger partial charge in [-0.15, -0.1) is 0 Å². The van der Waals surface area contributed by atoms with Crippen LogP contribution >= 0.6 is 0 Å². The second-order valence-electron chi connectivity index (χ2n) is 7.48. The van der Waals surface area contributed by atoms with Gasteiger partial charge < -0.3 is 9.64 Å². The summed E-state index contributed by atoms with van der Waals surface area (Å²) in [4.78, 5) is 14.8. The molecule has 0 amide bonds. The Labute approximate surface area is 128 Å². The molecule has 4 nitrogen and oxygen atoms in total. The van der Waals surface area contributed by atoms with Crippen molar-refractivity contribution in [2.24, 2.45) is 5.92 Å². The van der Waals surface area contributed by atoms with Gasteiger partial charge in [0.1, 0.15) is 5.54 Å². The number of methoxy groups -OCH3 is 1. The van der Waals surface area contributed by atoms with Crippen LogP contribution in [0.3, 0.4) is 0 Å². The van der Waals surface area contributed by atoms with E-state index >= 15 is 0 Å². The monoisotopic (exact) mass is 294 g/mol. The van der Waals surface area contributed by atoms with Crippen molar-refractivity contribution in [3.05, 3.63) is 0 Å². The molecule has 3 fully saturated rings. The van der Waals surface area contributed by atoms with Crippen LogP contribution in [0.5, 0.6) is 0 Å². The molecule has 0 aromatic rings. The van der Waals surface area contributed by atoms with Gasteiger partial charge in [-0.2, -0.15) is 0 Å². The van der Waals surface area contributed by atoms with Gasteiger partial charge in [0, 0.05) is 18.6 Å². The van der Waals surface area contributed by atoms with Gasteiger partial charge in [0.15, 0.2) is 0 Å². The van der Waals surface area contributed by atoms with Gasteiger partial charge in [0.25, 0.3) is 0 Å². The Balaban J connectivity index is 1.59. The lowest BCUT2D eigenvalue weighted by atomic mass is 9.96. The lowest BCUT2D eigenvalue weighted by Crippen LogP contribution is -2.52. The molecule has 3 aliphatic carbocycles. The van der Waals surface area contributed by atoms with Crippen LogP contribution in [0.2, 0.25) is 0 Å². The Bertz CT molecular complexity index is 377. The molecular weight excluding hydrogens is 264 g/mol. The smallest absolute Gasteiger partial charge is 0.326 e. The van der Waals surface area contributed by atoms with Crippen LogP contribution in [0.15, 0.2) is 0 Å². The van der Waals surface area contributed by atoms with Crippen molar-refractivity contribution in [3.63, 3.8) is 0 Å². The minimum atomic E-state index is -0.412. The molecule has 0 heterocycles. The molecule has 21 heavy (non-hydrogen) atoms. The molecule has 0 bridgehead atoms. The molecule has 2 atom stereocenters. The summed E-state index contributed by atoms with van der Waals surface area (Å²) in [5, 5.41) is 3.59. The second-order valence-corrected chi connectivity index (χ2v) is 7.48. The van der Waals surface area contributed by atoms with Crippen molar-refractivity contribution in [2.45, 2.75) is 75.4 Å². The number of ether oxygens (including phenoxy) is 1. The van der Waals surface area contributed by atoms with Gasteiger partial charge in [-0.05, 0) is 57.9 Å².